The standard InChI is InChI=1S/C17H18N4O4S/c22-17(14-4-2-1-3-5-14)19-18-15-6-8-16(9-7-15)20-26(23,24)21-10-12-25-13-11-21/h1-9,20H,10-13H2. The first-order valence-corrected chi connectivity index (χ1v) is 9.45. The van der Waals surface area contributed by atoms with Crippen LogP contribution in [0.25, 0.3) is 0 Å². The quantitative estimate of drug-likeness (QED) is 0.813. The Morgan fingerprint density at radius 3 is 2.31 bits per heavy atom. The number of amides is 1. The molecular weight excluding hydrogens is 356 g/mol. The van der Waals surface area contributed by atoms with E-state index in [1.807, 2.05) is 6.07 Å². The lowest BCUT2D eigenvalue weighted by molar-refractivity contribution is 0.0733. The van der Waals surface area contributed by atoms with Crippen molar-refractivity contribution >= 4 is 27.5 Å². The van der Waals surface area contributed by atoms with Crippen LogP contribution >= 0.6 is 0 Å². The molecule has 0 bridgehead atoms. The van der Waals surface area contributed by atoms with Crippen molar-refractivity contribution < 1.29 is 17.9 Å². The van der Waals surface area contributed by atoms with Crippen molar-refractivity contribution in [2.45, 2.75) is 0 Å². The Morgan fingerprint density at radius 1 is 1.00 bits per heavy atom. The lowest BCUT2D eigenvalue weighted by Gasteiger charge is -2.26. The zero-order chi connectivity index (χ0) is 18.4. The molecule has 1 saturated heterocycles. The SMILES string of the molecule is O=C(N=Nc1ccc(NS(=O)(=O)N2CCOCC2)cc1)c1ccccc1. The molecule has 3 rings (SSSR count). The van der Waals surface area contributed by atoms with Crippen molar-refractivity contribution in [1.29, 1.82) is 0 Å². The lowest BCUT2D eigenvalue weighted by atomic mass is 10.2. The van der Waals surface area contributed by atoms with E-state index in [2.05, 4.69) is 15.0 Å². The molecule has 1 fully saturated rings. The number of carbonyl (C=O) groups excluding carboxylic acids is 1. The highest BCUT2D eigenvalue weighted by Crippen LogP contribution is 2.19. The minimum absolute atomic E-state index is 0.323. The summed E-state index contributed by atoms with van der Waals surface area (Å²) in [6.45, 7) is 1.41. The maximum Gasteiger partial charge on any atom is 0.301 e. The van der Waals surface area contributed by atoms with Gasteiger partial charge in [-0.1, -0.05) is 18.2 Å². The van der Waals surface area contributed by atoms with Gasteiger partial charge >= 0.3 is 10.2 Å². The number of hydrogen-bond acceptors (Lipinski definition) is 5. The molecule has 0 radical (unpaired) electrons. The first-order valence-electron chi connectivity index (χ1n) is 8.01. The molecule has 1 N–H and O–H groups in total. The van der Waals surface area contributed by atoms with Gasteiger partial charge in [-0.05, 0) is 36.4 Å². The van der Waals surface area contributed by atoms with Crippen LogP contribution in [0.1, 0.15) is 10.4 Å². The maximum absolute atomic E-state index is 12.3. The summed E-state index contributed by atoms with van der Waals surface area (Å²) in [6, 6.07) is 14.9. The van der Waals surface area contributed by atoms with Crippen LogP contribution in [0.5, 0.6) is 0 Å². The van der Waals surface area contributed by atoms with Gasteiger partial charge in [-0.2, -0.15) is 12.7 Å². The number of rotatable bonds is 5. The molecule has 2 aromatic carbocycles. The van der Waals surface area contributed by atoms with E-state index in [9.17, 15) is 13.2 Å². The molecule has 26 heavy (non-hydrogen) atoms. The predicted molar refractivity (Wildman–Crippen MR) is 96.7 cm³/mol. The largest absolute Gasteiger partial charge is 0.379 e. The Labute approximate surface area is 151 Å². The fourth-order valence-electron chi connectivity index (χ4n) is 2.34. The second kappa shape index (κ2) is 8.17. The molecule has 0 atom stereocenters. The summed E-state index contributed by atoms with van der Waals surface area (Å²) in [5, 5.41) is 7.55. The normalized spacial score (nSPS) is 15.8. The zero-order valence-electron chi connectivity index (χ0n) is 13.9. The van der Waals surface area contributed by atoms with Gasteiger partial charge in [0.05, 0.1) is 18.9 Å². The van der Waals surface area contributed by atoms with Gasteiger partial charge in [0.1, 0.15) is 0 Å². The summed E-state index contributed by atoms with van der Waals surface area (Å²) in [4.78, 5) is 11.9. The molecular formula is C17H18N4O4S. The van der Waals surface area contributed by atoms with Gasteiger partial charge in [-0.25, -0.2) is 0 Å². The Balaban J connectivity index is 1.63. The molecule has 1 heterocycles. The van der Waals surface area contributed by atoms with Gasteiger partial charge in [0.15, 0.2) is 0 Å². The Morgan fingerprint density at radius 2 is 1.65 bits per heavy atom. The molecule has 1 amide bonds. The minimum Gasteiger partial charge on any atom is -0.379 e. The van der Waals surface area contributed by atoms with E-state index in [0.717, 1.165) is 0 Å². The maximum atomic E-state index is 12.3. The molecule has 8 nitrogen and oxygen atoms in total. The van der Waals surface area contributed by atoms with Crippen LogP contribution in [0.2, 0.25) is 0 Å². The highest BCUT2D eigenvalue weighted by molar-refractivity contribution is 7.90. The van der Waals surface area contributed by atoms with Crippen LogP contribution in [0.3, 0.4) is 0 Å². The van der Waals surface area contributed by atoms with Crippen molar-refractivity contribution in [2.75, 3.05) is 31.0 Å². The zero-order valence-corrected chi connectivity index (χ0v) is 14.7. The fourth-order valence-corrected chi connectivity index (χ4v) is 3.53. The van der Waals surface area contributed by atoms with Gasteiger partial charge in [0.25, 0.3) is 5.91 Å². The summed E-state index contributed by atoms with van der Waals surface area (Å²) < 4.78 is 33.6. The molecule has 0 saturated carbocycles. The average Bonchev–Trinajstić information content (AvgIpc) is 2.68. The molecule has 1 aliphatic rings. The topological polar surface area (TPSA) is 100 Å². The fraction of sp³-hybridized carbons (Fsp3) is 0.235. The number of hydrogen-bond donors (Lipinski definition) is 1. The number of azo groups is 1. The van der Waals surface area contributed by atoms with Crippen LogP contribution < -0.4 is 4.72 Å². The number of nitrogens with zero attached hydrogens (tertiary/aromatic N) is 3. The second-order valence-electron chi connectivity index (χ2n) is 5.54. The van der Waals surface area contributed by atoms with E-state index in [1.165, 1.54) is 4.31 Å². The lowest BCUT2D eigenvalue weighted by Crippen LogP contribution is -2.43. The minimum atomic E-state index is -3.62. The van der Waals surface area contributed by atoms with E-state index in [-0.39, 0.29) is 0 Å². The summed E-state index contributed by atoms with van der Waals surface area (Å²) >= 11 is 0. The van der Waals surface area contributed by atoms with Crippen LogP contribution in [0, 0.1) is 0 Å². The van der Waals surface area contributed by atoms with Crippen molar-refractivity contribution in [3.05, 3.63) is 60.2 Å². The molecule has 0 aliphatic carbocycles. The van der Waals surface area contributed by atoms with E-state index in [1.54, 1.807) is 48.5 Å². The number of nitrogens with one attached hydrogen (secondary N) is 1. The highest BCUT2D eigenvalue weighted by Gasteiger charge is 2.23. The summed E-state index contributed by atoms with van der Waals surface area (Å²) in [6.07, 6.45) is 0. The number of benzene rings is 2. The van der Waals surface area contributed by atoms with Crippen molar-refractivity contribution in [2.24, 2.45) is 10.2 Å². The smallest absolute Gasteiger partial charge is 0.301 e. The van der Waals surface area contributed by atoms with Gasteiger partial charge < -0.3 is 4.74 Å². The van der Waals surface area contributed by atoms with Crippen molar-refractivity contribution in [3.8, 4) is 0 Å². The van der Waals surface area contributed by atoms with Gasteiger partial charge in [0, 0.05) is 24.3 Å². The van der Waals surface area contributed by atoms with Gasteiger partial charge in [-0.15, -0.1) is 10.2 Å². The van der Waals surface area contributed by atoms with Crippen molar-refractivity contribution in [3.63, 3.8) is 0 Å². The second-order valence-corrected chi connectivity index (χ2v) is 7.21. The molecule has 136 valence electrons. The van der Waals surface area contributed by atoms with Gasteiger partial charge in [-0.3, -0.25) is 9.52 Å². The number of anilines is 1. The molecule has 2 aromatic rings. The van der Waals surface area contributed by atoms with E-state index < -0.39 is 16.1 Å². The summed E-state index contributed by atoms with van der Waals surface area (Å²) in [7, 11) is -3.62. The molecule has 0 unspecified atom stereocenters. The first-order chi connectivity index (χ1) is 12.5. The number of morpholine rings is 1. The predicted octanol–water partition coefficient (Wildman–Crippen LogP) is 2.60. The molecule has 0 aromatic heterocycles. The van der Waals surface area contributed by atoms with Crippen LogP contribution in [-0.4, -0.2) is 44.9 Å². The molecule has 9 heteroatoms. The third kappa shape index (κ3) is 4.72. The summed E-state index contributed by atoms with van der Waals surface area (Å²) in [5.41, 5.74) is 1.31. The number of carbonyl (C=O) groups is 1. The Bertz CT molecular complexity index is 877. The van der Waals surface area contributed by atoms with E-state index in [0.29, 0.717) is 43.2 Å². The van der Waals surface area contributed by atoms with E-state index in [4.69, 9.17) is 4.74 Å². The Hall–Kier alpha value is -2.62. The monoisotopic (exact) mass is 374 g/mol. The third-order valence-corrected chi connectivity index (χ3v) is 5.24. The highest BCUT2D eigenvalue weighted by atomic mass is 32.2. The first kappa shape index (κ1) is 18.2. The van der Waals surface area contributed by atoms with Crippen LogP contribution in [0.4, 0.5) is 11.4 Å². The van der Waals surface area contributed by atoms with Gasteiger partial charge in [0.2, 0.25) is 0 Å². The third-order valence-electron chi connectivity index (χ3n) is 3.70. The summed E-state index contributed by atoms with van der Waals surface area (Å²) in [5.74, 6) is -0.442. The number of ether oxygens (including phenoxy) is 1. The van der Waals surface area contributed by atoms with Crippen LogP contribution in [0.15, 0.2) is 64.8 Å². The Kier molecular flexibility index (Phi) is 5.71. The molecule has 0 spiro atoms. The molecule has 1 aliphatic heterocycles. The van der Waals surface area contributed by atoms with Crippen LogP contribution in [-0.2, 0) is 14.9 Å². The average molecular weight is 374 g/mol. The van der Waals surface area contributed by atoms with E-state index >= 15 is 0 Å². The van der Waals surface area contributed by atoms with Crippen molar-refractivity contribution in [1.82, 2.24) is 4.31 Å².